The van der Waals surface area contributed by atoms with Crippen LogP contribution in [0.1, 0.15) is 19.4 Å². The van der Waals surface area contributed by atoms with E-state index < -0.39 is 29.4 Å². The molecule has 0 bridgehead atoms. The van der Waals surface area contributed by atoms with E-state index in [1.165, 1.54) is 15.2 Å². The number of carbonyl (C=O) groups is 2. The fourth-order valence-corrected chi connectivity index (χ4v) is 5.78. The molecule has 0 amide bonds. The van der Waals surface area contributed by atoms with E-state index in [1.54, 1.807) is 36.6 Å². The third-order valence-corrected chi connectivity index (χ3v) is 7.69. The van der Waals surface area contributed by atoms with Crippen LogP contribution in [-0.4, -0.2) is 66.4 Å². The van der Waals surface area contributed by atoms with E-state index in [-0.39, 0.29) is 23.5 Å². The van der Waals surface area contributed by atoms with Crippen LogP contribution >= 0.6 is 0 Å². The van der Waals surface area contributed by atoms with Crippen molar-refractivity contribution in [2.45, 2.75) is 32.1 Å². The highest BCUT2D eigenvalue weighted by Crippen LogP contribution is 2.39. The number of rotatable bonds is 5. The Bertz CT molecular complexity index is 2030. The van der Waals surface area contributed by atoms with Gasteiger partial charge in [0.15, 0.2) is 0 Å². The van der Waals surface area contributed by atoms with Gasteiger partial charge in [-0.3, -0.25) is 19.1 Å². The van der Waals surface area contributed by atoms with Crippen LogP contribution < -0.4 is 15.9 Å². The summed E-state index contributed by atoms with van der Waals surface area (Å²) in [6.07, 6.45) is 1.52. The number of fused-ring (bicyclic) bond motifs is 3. The molecule has 0 saturated carbocycles. The van der Waals surface area contributed by atoms with Crippen molar-refractivity contribution >= 4 is 39.6 Å². The Morgan fingerprint density at radius 1 is 0.957 bits per heavy atom. The highest BCUT2D eigenvalue weighted by Gasteiger charge is 2.37. The number of aromatic nitrogens is 4. The van der Waals surface area contributed by atoms with Gasteiger partial charge in [0.1, 0.15) is 0 Å². The topological polar surface area (TPSA) is 143 Å². The molecular formula is C33H31F3N6O5. The van der Waals surface area contributed by atoms with Crippen LogP contribution in [-0.2, 0) is 22.8 Å². The largest absolute Gasteiger partial charge is 0.478 e. The van der Waals surface area contributed by atoms with Gasteiger partial charge in [-0.05, 0) is 55.8 Å². The second kappa shape index (κ2) is 13.1. The van der Waals surface area contributed by atoms with Crippen molar-refractivity contribution in [3.8, 4) is 16.8 Å². The summed E-state index contributed by atoms with van der Waals surface area (Å²) in [7, 11) is 1.60. The molecule has 14 heteroatoms. The van der Waals surface area contributed by atoms with Gasteiger partial charge >= 0.3 is 23.8 Å². The molecule has 244 valence electrons. The van der Waals surface area contributed by atoms with Crippen molar-refractivity contribution in [3.05, 3.63) is 95.3 Å². The van der Waals surface area contributed by atoms with Crippen LogP contribution in [0.2, 0.25) is 0 Å². The van der Waals surface area contributed by atoms with Gasteiger partial charge in [-0.25, -0.2) is 14.4 Å². The normalized spacial score (nSPS) is 16.8. The number of anilines is 1. The van der Waals surface area contributed by atoms with Crippen molar-refractivity contribution in [1.29, 1.82) is 0 Å². The zero-order valence-corrected chi connectivity index (χ0v) is 25.6. The minimum Gasteiger partial charge on any atom is -0.478 e. The maximum Gasteiger partial charge on any atom is 0.418 e. The van der Waals surface area contributed by atoms with Gasteiger partial charge in [0.25, 0.3) is 0 Å². The molecule has 3 aromatic heterocycles. The number of aryl methyl sites for hydroxylation is 1. The lowest BCUT2D eigenvalue weighted by Gasteiger charge is -2.38. The van der Waals surface area contributed by atoms with Crippen LogP contribution in [0.25, 0.3) is 38.8 Å². The maximum atomic E-state index is 14.5. The number of aliphatic carboxylic acids is 2. The van der Waals surface area contributed by atoms with E-state index in [0.717, 1.165) is 17.2 Å². The molecule has 47 heavy (non-hydrogen) atoms. The zero-order valence-electron chi connectivity index (χ0n) is 25.6. The molecule has 0 unspecified atom stereocenters. The van der Waals surface area contributed by atoms with Crippen molar-refractivity contribution in [1.82, 2.24) is 24.4 Å². The second-order valence-electron chi connectivity index (χ2n) is 11.2. The molecule has 5 aromatic rings. The summed E-state index contributed by atoms with van der Waals surface area (Å²) in [5.74, 6) is -2.51. The van der Waals surface area contributed by atoms with Crippen LogP contribution in [0.4, 0.5) is 18.9 Å². The van der Waals surface area contributed by atoms with Gasteiger partial charge in [-0.15, -0.1) is 0 Å². The number of nitrogens with zero attached hydrogens (tertiary/aromatic N) is 5. The number of piperazine rings is 1. The van der Waals surface area contributed by atoms with E-state index >= 15 is 0 Å². The molecule has 4 heterocycles. The number of hydrogen-bond donors (Lipinski definition) is 3. The van der Waals surface area contributed by atoms with Crippen molar-refractivity contribution < 1.29 is 33.0 Å². The van der Waals surface area contributed by atoms with Crippen LogP contribution in [0.3, 0.4) is 0 Å². The molecule has 2 atom stereocenters. The van der Waals surface area contributed by atoms with Gasteiger partial charge in [-0.1, -0.05) is 12.1 Å². The Morgan fingerprint density at radius 2 is 1.64 bits per heavy atom. The molecule has 1 fully saturated rings. The lowest BCUT2D eigenvalue weighted by molar-refractivity contribution is -0.137. The first kappa shape index (κ1) is 32.9. The molecule has 6 rings (SSSR count). The van der Waals surface area contributed by atoms with E-state index in [0.29, 0.717) is 47.2 Å². The molecule has 11 nitrogen and oxygen atoms in total. The summed E-state index contributed by atoms with van der Waals surface area (Å²) in [4.78, 5) is 43.1. The number of benzene rings is 2. The summed E-state index contributed by atoms with van der Waals surface area (Å²) in [6.45, 7) is 4.82. The third-order valence-electron chi connectivity index (χ3n) is 7.69. The molecule has 1 aliphatic heterocycles. The standard InChI is InChI=1S/C29H27F3N6O.C4H4O4/c1-17-15-37(16-18(2)35-17)25-9-7-21(12-23(25)29(30,31)32)38-27-22-11-19(20-5-4-10-33-13-20)6-8-24(22)34-14-26(27)36(3)28(38)39;5-3(6)1-2-4(7)8/h4-14,17-18,35H,15-16H2,1-3H3;1-2H,(H,5,6)(H,7,8)/b;2-1-/t17-,18+;. The maximum absolute atomic E-state index is 14.5. The molecule has 1 saturated heterocycles. The summed E-state index contributed by atoms with van der Waals surface area (Å²) in [5.41, 5.74) is 2.46. The number of alkyl halides is 3. The third kappa shape index (κ3) is 7.02. The number of carboxylic acids is 2. The lowest BCUT2D eigenvalue weighted by Crippen LogP contribution is -2.54. The second-order valence-corrected chi connectivity index (χ2v) is 11.2. The average molecular weight is 649 g/mol. The number of nitrogens with one attached hydrogen (secondary N) is 1. The summed E-state index contributed by atoms with van der Waals surface area (Å²) >= 11 is 0. The summed E-state index contributed by atoms with van der Waals surface area (Å²) in [5, 5.41) is 19.6. The van der Waals surface area contributed by atoms with Gasteiger partial charge in [-0.2, -0.15) is 13.2 Å². The molecular weight excluding hydrogens is 617 g/mol. The summed E-state index contributed by atoms with van der Waals surface area (Å²) < 4.78 is 46.1. The Balaban J connectivity index is 0.000000483. The van der Waals surface area contributed by atoms with E-state index in [1.807, 2.05) is 44.2 Å². The van der Waals surface area contributed by atoms with Gasteiger partial charge < -0.3 is 20.4 Å². The van der Waals surface area contributed by atoms with Gasteiger partial charge in [0, 0.05) is 73.4 Å². The Morgan fingerprint density at radius 3 is 2.23 bits per heavy atom. The number of imidazole rings is 1. The first-order chi connectivity index (χ1) is 22.2. The minimum absolute atomic E-state index is 0.0445. The quantitative estimate of drug-likeness (QED) is 0.228. The first-order valence-corrected chi connectivity index (χ1v) is 14.5. The fourth-order valence-electron chi connectivity index (χ4n) is 5.78. The van der Waals surface area contributed by atoms with Crippen molar-refractivity contribution in [2.24, 2.45) is 7.05 Å². The average Bonchev–Trinajstić information content (AvgIpc) is 3.29. The van der Waals surface area contributed by atoms with Gasteiger partial charge in [0.2, 0.25) is 0 Å². The molecule has 0 radical (unpaired) electrons. The SMILES string of the molecule is C[C@@H]1CN(c2ccc(-n3c(=O)n(C)c4cnc5ccc(-c6cccnc6)cc5c43)cc2C(F)(F)F)C[C@H](C)N1.O=C(O)/C=C\C(=O)O. The minimum atomic E-state index is -4.60. The number of pyridine rings is 2. The predicted octanol–water partition coefficient (Wildman–Crippen LogP) is 4.86. The highest BCUT2D eigenvalue weighted by atomic mass is 19.4. The highest BCUT2D eigenvalue weighted by molar-refractivity contribution is 6.04. The number of hydrogen-bond acceptors (Lipinski definition) is 7. The van der Waals surface area contributed by atoms with E-state index in [2.05, 4.69) is 15.3 Å². The Labute approximate surface area is 266 Å². The van der Waals surface area contributed by atoms with Gasteiger partial charge in [0.05, 0.1) is 34.0 Å². The zero-order chi connectivity index (χ0) is 34.0. The van der Waals surface area contributed by atoms with Crippen LogP contribution in [0, 0.1) is 0 Å². The van der Waals surface area contributed by atoms with E-state index in [4.69, 9.17) is 10.2 Å². The predicted molar refractivity (Wildman–Crippen MR) is 171 cm³/mol. The van der Waals surface area contributed by atoms with Crippen molar-refractivity contribution in [3.63, 3.8) is 0 Å². The first-order valence-electron chi connectivity index (χ1n) is 14.5. The summed E-state index contributed by atoms with van der Waals surface area (Å²) in [6, 6.07) is 13.7. The number of halogens is 3. The molecule has 0 spiro atoms. The van der Waals surface area contributed by atoms with Crippen LogP contribution in [0.15, 0.2) is 84.1 Å². The Hall–Kier alpha value is -5.50. The van der Waals surface area contributed by atoms with Crippen LogP contribution in [0.5, 0.6) is 0 Å². The molecule has 0 aliphatic carbocycles. The van der Waals surface area contributed by atoms with E-state index in [9.17, 15) is 27.6 Å². The smallest absolute Gasteiger partial charge is 0.418 e. The number of carboxylic acid groups (broad SMARTS) is 2. The monoisotopic (exact) mass is 648 g/mol. The van der Waals surface area contributed by atoms with Crippen molar-refractivity contribution in [2.75, 3.05) is 18.0 Å². The molecule has 3 N–H and O–H groups in total. The molecule has 1 aliphatic rings. The lowest BCUT2D eigenvalue weighted by atomic mass is 10.0. The fraction of sp³-hybridized carbons (Fsp3) is 0.242. The Kier molecular flexibility index (Phi) is 9.15. The molecule has 2 aromatic carbocycles.